The SMILES string of the molecule is N#Cc1ccc(OC2CCC(NC(=O)CCSc3nc4c(c(=O)[nH]3)CCCC4)CC2)cc1. The first-order valence-electron chi connectivity index (χ1n) is 11.3. The van der Waals surface area contributed by atoms with E-state index in [1.54, 1.807) is 12.1 Å². The van der Waals surface area contributed by atoms with Crippen molar-refractivity contribution in [3.05, 3.63) is 51.4 Å². The average Bonchev–Trinajstić information content (AvgIpc) is 2.81. The first kappa shape index (κ1) is 22.4. The Kier molecular flexibility index (Phi) is 7.48. The molecule has 2 aromatic rings. The van der Waals surface area contributed by atoms with Crippen molar-refractivity contribution in [3.63, 3.8) is 0 Å². The molecule has 4 rings (SSSR count). The maximum absolute atomic E-state index is 12.4. The topological polar surface area (TPSA) is 108 Å². The van der Waals surface area contributed by atoms with E-state index in [1.165, 1.54) is 11.8 Å². The maximum atomic E-state index is 12.4. The zero-order chi connectivity index (χ0) is 22.3. The smallest absolute Gasteiger partial charge is 0.254 e. The van der Waals surface area contributed by atoms with Crippen LogP contribution in [0.2, 0.25) is 0 Å². The van der Waals surface area contributed by atoms with E-state index in [0.717, 1.165) is 68.4 Å². The van der Waals surface area contributed by atoms with Gasteiger partial charge in [-0.15, -0.1) is 0 Å². The van der Waals surface area contributed by atoms with Gasteiger partial charge in [-0.25, -0.2) is 4.98 Å². The number of rotatable bonds is 7. The van der Waals surface area contributed by atoms with Crippen molar-refractivity contribution in [3.8, 4) is 11.8 Å². The van der Waals surface area contributed by atoms with Crippen molar-refractivity contribution in [1.82, 2.24) is 15.3 Å². The molecule has 2 aliphatic rings. The Bertz CT molecular complexity index is 1040. The number of carbonyl (C=O) groups is 1. The molecule has 0 radical (unpaired) electrons. The van der Waals surface area contributed by atoms with Gasteiger partial charge in [-0.05, 0) is 75.6 Å². The van der Waals surface area contributed by atoms with Crippen LogP contribution in [-0.2, 0) is 17.6 Å². The minimum atomic E-state index is -0.0263. The van der Waals surface area contributed by atoms with Crippen LogP contribution in [0.25, 0.3) is 0 Å². The lowest BCUT2D eigenvalue weighted by molar-refractivity contribution is -0.121. The first-order chi connectivity index (χ1) is 15.6. The van der Waals surface area contributed by atoms with Gasteiger partial charge in [-0.3, -0.25) is 9.59 Å². The zero-order valence-corrected chi connectivity index (χ0v) is 18.9. The van der Waals surface area contributed by atoms with Gasteiger partial charge in [0.1, 0.15) is 5.75 Å². The lowest BCUT2D eigenvalue weighted by Gasteiger charge is -2.29. The average molecular weight is 453 g/mol. The number of thioether (sulfide) groups is 1. The molecule has 1 fully saturated rings. The third kappa shape index (κ3) is 5.92. The summed E-state index contributed by atoms with van der Waals surface area (Å²) in [4.78, 5) is 32.0. The number of ether oxygens (including phenoxy) is 1. The summed E-state index contributed by atoms with van der Waals surface area (Å²) in [5.41, 5.74) is 2.35. The van der Waals surface area contributed by atoms with Gasteiger partial charge in [0, 0.05) is 23.8 Å². The predicted molar refractivity (Wildman–Crippen MR) is 123 cm³/mol. The van der Waals surface area contributed by atoms with Gasteiger partial charge in [0.05, 0.1) is 23.4 Å². The number of amides is 1. The molecule has 0 bridgehead atoms. The highest BCUT2D eigenvalue weighted by atomic mass is 32.2. The molecule has 0 spiro atoms. The summed E-state index contributed by atoms with van der Waals surface area (Å²) in [6, 6.07) is 9.45. The van der Waals surface area contributed by atoms with Gasteiger partial charge in [-0.2, -0.15) is 5.26 Å². The monoisotopic (exact) mass is 452 g/mol. The molecule has 1 aromatic heterocycles. The van der Waals surface area contributed by atoms with Crippen LogP contribution in [0.3, 0.4) is 0 Å². The Hall–Kier alpha value is -2.79. The van der Waals surface area contributed by atoms with Crippen LogP contribution in [-0.4, -0.2) is 33.8 Å². The molecule has 8 heteroatoms. The van der Waals surface area contributed by atoms with Crippen molar-refractivity contribution < 1.29 is 9.53 Å². The summed E-state index contributed by atoms with van der Waals surface area (Å²) in [5.74, 6) is 1.40. The van der Waals surface area contributed by atoms with E-state index in [2.05, 4.69) is 21.4 Å². The van der Waals surface area contributed by atoms with Gasteiger partial charge in [0.2, 0.25) is 5.91 Å². The number of aryl methyl sites for hydroxylation is 1. The highest BCUT2D eigenvalue weighted by Gasteiger charge is 2.23. The molecule has 2 aliphatic carbocycles. The van der Waals surface area contributed by atoms with Gasteiger partial charge in [0.25, 0.3) is 5.56 Å². The second kappa shape index (κ2) is 10.7. The normalized spacial score (nSPS) is 20.1. The van der Waals surface area contributed by atoms with Gasteiger partial charge in [-0.1, -0.05) is 11.8 Å². The Balaban J connectivity index is 1.17. The summed E-state index contributed by atoms with van der Waals surface area (Å²) in [7, 11) is 0. The van der Waals surface area contributed by atoms with Gasteiger partial charge >= 0.3 is 0 Å². The number of hydrogen-bond acceptors (Lipinski definition) is 6. The lowest BCUT2D eigenvalue weighted by Crippen LogP contribution is -2.39. The van der Waals surface area contributed by atoms with Crippen LogP contribution in [0.15, 0.2) is 34.2 Å². The van der Waals surface area contributed by atoms with Crippen LogP contribution in [0.4, 0.5) is 0 Å². The molecule has 7 nitrogen and oxygen atoms in total. The van der Waals surface area contributed by atoms with E-state index in [1.807, 2.05) is 12.1 Å². The molecule has 0 saturated heterocycles. The number of nitriles is 1. The van der Waals surface area contributed by atoms with Crippen molar-refractivity contribution in [2.24, 2.45) is 0 Å². The fraction of sp³-hybridized carbons (Fsp3) is 0.500. The maximum Gasteiger partial charge on any atom is 0.254 e. The summed E-state index contributed by atoms with van der Waals surface area (Å²) in [5, 5.41) is 12.6. The molecule has 32 heavy (non-hydrogen) atoms. The van der Waals surface area contributed by atoms with Crippen LogP contribution in [0.1, 0.15) is 61.8 Å². The summed E-state index contributed by atoms with van der Waals surface area (Å²) in [6.45, 7) is 0. The Morgan fingerprint density at radius 1 is 1.19 bits per heavy atom. The van der Waals surface area contributed by atoms with Crippen molar-refractivity contribution >= 4 is 17.7 Å². The summed E-state index contributed by atoms with van der Waals surface area (Å²) in [6.07, 6.45) is 7.89. The highest BCUT2D eigenvalue weighted by molar-refractivity contribution is 7.99. The second-order valence-corrected chi connectivity index (χ2v) is 9.48. The van der Waals surface area contributed by atoms with Crippen LogP contribution in [0.5, 0.6) is 5.75 Å². The summed E-state index contributed by atoms with van der Waals surface area (Å²) >= 11 is 1.43. The molecule has 2 N–H and O–H groups in total. The van der Waals surface area contributed by atoms with E-state index in [9.17, 15) is 9.59 Å². The number of aromatic amines is 1. The van der Waals surface area contributed by atoms with Crippen LogP contribution >= 0.6 is 11.8 Å². The van der Waals surface area contributed by atoms with Crippen LogP contribution in [0, 0.1) is 11.3 Å². The number of hydrogen-bond donors (Lipinski definition) is 2. The molecule has 1 heterocycles. The number of nitrogens with zero attached hydrogens (tertiary/aromatic N) is 2. The summed E-state index contributed by atoms with van der Waals surface area (Å²) < 4.78 is 6.01. The number of fused-ring (bicyclic) bond motifs is 1. The molecule has 1 aromatic carbocycles. The molecule has 1 amide bonds. The third-order valence-corrected chi connectivity index (χ3v) is 6.94. The standard InChI is InChI=1S/C24H28N4O3S/c25-15-16-5-9-18(10-6-16)31-19-11-7-17(8-12-19)26-22(29)13-14-32-24-27-21-4-2-1-3-20(21)23(30)28-24/h5-6,9-10,17,19H,1-4,7-8,11-14H2,(H,26,29)(H,27,28,30). The predicted octanol–water partition coefficient (Wildman–Crippen LogP) is 3.51. The number of aromatic nitrogens is 2. The quantitative estimate of drug-likeness (QED) is 0.492. The molecule has 0 atom stereocenters. The second-order valence-electron chi connectivity index (χ2n) is 8.40. The molecular formula is C24H28N4O3S. The zero-order valence-electron chi connectivity index (χ0n) is 18.1. The van der Waals surface area contributed by atoms with Crippen molar-refractivity contribution in [2.45, 2.75) is 75.1 Å². The van der Waals surface area contributed by atoms with Crippen LogP contribution < -0.4 is 15.6 Å². The molecular weight excluding hydrogens is 424 g/mol. The third-order valence-electron chi connectivity index (χ3n) is 6.06. The van der Waals surface area contributed by atoms with E-state index in [4.69, 9.17) is 10.00 Å². The molecule has 0 unspecified atom stereocenters. The fourth-order valence-electron chi connectivity index (χ4n) is 4.31. The molecule has 1 saturated carbocycles. The number of carbonyl (C=O) groups excluding carboxylic acids is 1. The Morgan fingerprint density at radius 3 is 2.69 bits per heavy atom. The number of benzene rings is 1. The first-order valence-corrected chi connectivity index (χ1v) is 12.3. The number of nitrogens with one attached hydrogen (secondary N) is 2. The molecule has 0 aliphatic heterocycles. The highest BCUT2D eigenvalue weighted by Crippen LogP contribution is 2.24. The van der Waals surface area contributed by atoms with Gasteiger partial charge in [0.15, 0.2) is 5.16 Å². The van der Waals surface area contributed by atoms with E-state index in [0.29, 0.717) is 22.9 Å². The fourth-order valence-corrected chi connectivity index (χ4v) is 5.13. The number of H-pyrrole nitrogens is 1. The van der Waals surface area contributed by atoms with E-state index >= 15 is 0 Å². The Labute approximate surface area is 192 Å². The lowest BCUT2D eigenvalue weighted by atomic mass is 9.93. The minimum Gasteiger partial charge on any atom is -0.490 e. The minimum absolute atomic E-state index is 0.0263. The van der Waals surface area contributed by atoms with Crippen molar-refractivity contribution in [1.29, 1.82) is 5.26 Å². The largest absolute Gasteiger partial charge is 0.490 e. The van der Waals surface area contributed by atoms with E-state index < -0.39 is 0 Å². The van der Waals surface area contributed by atoms with Crippen molar-refractivity contribution in [2.75, 3.05) is 5.75 Å². The molecule has 168 valence electrons. The van der Waals surface area contributed by atoms with E-state index in [-0.39, 0.29) is 23.6 Å². The Morgan fingerprint density at radius 2 is 1.94 bits per heavy atom. The van der Waals surface area contributed by atoms with Gasteiger partial charge < -0.3 is 15.0 Å².